The van der Waals surface area contributed by atoms with Crippen molar-refractivity contribution in [1.82, 2.24) is 10.9 Å². The zero-order valence-corrected chi connectivity index (χ0v) is 17.7. The van der Waals surface area contributed by atoms with E-state index in [1.165, 1.54) is 7.11 Å². The lowest BCUT2D eigenvalue weighted by Gasteiger charge is -2.10. The summed E-state index contributed by atoms with van der Waals surface area (Å²) in [6, 6.07) is 12.9. The molecule has 2 aromatic carbocycles. The van der Waals surface area contributed by atoms with Gasteiger partial charge in [0, 0.05) is 29.1 Å². The van der Waals surface area contributed by atoms with Crippen LogP contribution in [0.15, 0.2) is 51.7 Å². The van der Waals surface area contributed by atoms with Crippen LogP contribution >= 0.6 is 0 Å². The van der Waals surface area contributed by atoms with Crippen molar-refractivity contribution in [3.8, 4) is 5.75 Å². The fraction of sp³-hybridized carbons (Fsp3) is 0.261. The lowest BCUT2D eigenvalue weighted by Crippen LogP contribution is -2.44. The Morgan fingerprint density at radius 2 is 1.71 bits per heavy atom. The zero-order valence-electron chi connectivity index (χ0n) is 17.7. The number of hydrogen-bond acceptors (Lipinski definition) is 6. The minimum Gasteiger partial charge on any atom is -0.497 e. The second-order valence-corrected chi connectivity index (χ2v) is 7.17. The van der Waals surface area contributed by atoms with Crippen molar-refractivity contribution in [2.45, 2.75) is 26.7 Å². The van der Waals surface area contributed by atoms with Crippen LogP contribution in [0.1, 0.15) is 23.1 Å². The van der Waals surface area contributed by atoms with Crippen LogP contribution in [0.25, 0.3) is 11.0 Å². The zero-order chi connectivity index (χ0) is 22.4. The molecule has 0 bridgehead atoms. The van der Waals surface area contributed by atoms with E-state index in [0.29, 0.717) is 16.9 Å². The summed E-state index contributed by atoms with van der Waals surface area (Å²) in [4.78, 5) is 36.4. The fourth-order valence-electron chi connectivity index (χ4n) is 3.13. The third-order valence-corrected chi connectivity index (χ3v) is 4.94. The molecule has 3 aromatic rings. The van der Waals surface area contributed by atoms with Crippen molar-refractivity contribution in [2.75, 3.05) is 19.0 Å². The quantitative estimate of drug-likeness (QED) is 0.398. The Morgan fingerprint density at radius 3 is 2.42 bits per heavy atom. The highest BCUT2D eigenvalue weighted by molar-refractivity contribution is 5.85. The van der Waals surface area contributed by atoms with E-state index >= 15 is 0 Å². The lowest BCUT2D eigenvalue weighted by molar-refractivity contribution is -0.128. The number of fused-ring (bicyclic) bond motifs is 1. The number of anilines is 1. The Morgan fingerprint density at radius 1 is 1.00 bits per heavy atom. The number of hydrazine groups is 1. The molecule has 0 saturated heterocycles. The van der Waals surface area contributed by atoms with E-state index in [1.807, 2.05) is 44.2 Å². The molecule has 3 N–H and O–H groups in total. The Labute approximate surface area is 179 Å². The predicted octanol–water partition coefficient (Wildman–Crippen LogP) is 2.61. The Bertz CT molecular complexity index is 1150. The molecule has 31 heavy (non-hydrogen) atoms. The summed E-state index contributed by atoms with van der Waals surface area (Å²) in [6.45, 7) is 3.81. The number of nitrogens with one attached hydrogen (secondary N) is 3. The van der Waals surface area contributed by atoms with E-state index in [-0.39, 0.29) is 25.3 Å². The standard InChI is InChI=1S/C23H25N3O5/c1-14-4-6-16(7-5-14)24-13-22(28)26-25-21(27)11-10-19-15(2)18-9-8-17(30-3)12-20(18)31-23(19)29/h4-9,12,24H,10-11,13H2,1-3H3,(H,25,27)(H,26,28). The predicted molar refractivity (Wildman–Crippen MR) is 118 cm³/mol. The summed E-state index contributed by atoms with van der Waals surface area (Å²) in [6.07, 6.45) is 0.221. The highest BCUT2D eigenvalue weighted by Crippen LogP contribution is 2.24. The molecular formula is C23H25N3O5. The van der Waals surface area contributed by atoms with Gasteiger partial charge in [-0.25, -0.2) is 4.79 Å². The molecule has 0 aliphatic carbocycles. The van der Waals surface area contributed by atoms with Gasteiger partial charge in [0.1, 0.15) is 11.3 Å². The lowest BCUT2D eigenvalue weighted by atomic mass is 10.0. The van der Waals surface area contributed by atoms with Gasteiger partial charge in [-0.1, -0.05) is 17.7 Å². The minimum atomic E-state index is -0.489. The summed E-state index contributed by atoms with van der Waals surface area (Å²) in [5, 5.41) is 3.75. The van der Waals surface area contributed by atoms with Gasteiger partial charge in [-0.2, -0.15) is 0 Å². The number of amides is 2. The van der Waals surface area contributed by atoms with Gasteiger partial charge >= 0.3 is 5.63 Å². The average Bonchev–Trinajstić information content (AvgIpc) is 2.76. The molecule has 0 fully saturated rings. The highest BCUT2D eigenvalue weighted by Gasteiger charge is 2.14. The van der Waals surface area contributed by atoms with E-state index in [0.717, 1.165) is 22.2 Å². The maximum atomic E-state index is 12.4. The third-order valence-electron chi connectivity index (χ3n) is 4.94. The second-order valence-electron chi connectivity index (χ2n) is 7.17. The molecule has 0 aliphatic rings. The molecule has 1 heterocycles. The smallest absolute Gasteiger partial charge is 0.339 e. The van der Waals surface area contributed by atoms with E-state index in [1.54, 1.807) is 12.1 Å². The molecule has 8 heteroatoms. The Balaban J connectivity index is 1.52. The van der Waals surface area contributed by atoms with Crippen LogP contribution in [0.4, 0.5) is 5.69 Å². The van der Waals surface area contributed by atoms with E-state index in [9.17, 15) is 14.4 Å². The largest absolute Gasteiger partial charge is 0.497 e. The van der Waals surface area contributed by atoms with E-state index in [2.05, 4.69) is 16.2 Å². The number of ether oxygens (including phenoxy) is 1. The molecule has 0 saturated carbocycles. The monoisotopic (exact) mass is 423 g/mol. The van der Waals surface area contributed by atoms with Gasteiger partial charge in [0.25, 0.3) is 5.91 Å². The number of benzene rings is 2. The summed E-state index contributed by atoms with van der Waals surface area (Å²) < 4.78 is 10.5. The summed E-state index contributed by atoms with van der Waals surface area (Å²) in [5.74, 6) is -0.198. The number of hydrogen-bond donors (Lipinski definition) is 3. The summed E-state index contributed by atoms with van der Waals surface area (Å²) in [7, 11) is 1.54. The number of aryl methyl sites for hydroxylation is 2. The van der Waals surface area contributed by atoms with E-state index < -0.39 is 11.5 Å². The van der Waals surface area contributed by atoms with Gasteiger partial charge in [-0.3, -0.25) is 20.4 Å². The van der Waals surface area contributed by atoms with Gasteiger partial charge in [-0.15, -0.1) is 0 Å². The maximum absolute atomic E-state index is 12.4. The van der Waals surface area contributed by atoms with Gasteiger partial charge in [0.15, 0.2) is 0 Å². The number of carbonyl (C=O) groups is 2. The number of carbonyl (C=O) groups excluding carboxylic acids is 2. The molecule has 0 spiro atoms. The maximum Gasteiger partial charge on any atom is 0.339 e. The minimum absolute atomic E-state index is 0.0141. The van der Waals surface area contributed by atoms with Gasteiger partial charge < -0.3 is 14.5 Å². The van der Waals surface area contributed by atoms with Gasteiger partial charge in [-0.05, 0) is 50.1 Å². The molecule has 3 rings (SSSR count). The third kappa shape index (κ3) is 5.63. The first-order valence-electron chi connectivity index (χ1n) is 9.86. The molecule has 0 unspecified atom stereocenters. The highest BCUT2D eigenvalue weighted by atomic mass is 16.5. The molecule has 162 valence electrons. The van der Waals surface area contributed by atoms with Crippen LogP contribution in [0.3, 0.4) is 0 Å². The van der Waals surface area contributed by atoms with Crippen LogP contribution in [0.2, 0.25) is 0 Å². The van der Waals surface area contributed by atoms with Crippen LogP contribution in [0.5, 0.6) is 5.75 Å². The molecule has 0 aliphatic heterocycles. The topological polar surface area (TPSA) is 110 Å². The van der Waals surface area contributed by atoms with Crippen molar-refractivity contribution in [3.63, 3.8) is 0 Å². The van der Waals surface area contributed by atoms with Crippen LogP contribution in [-0.2, 0) is 16.0 Å². The average molecular weight is 423 g/mol. The normalized spacial score (nSPS) is 10.5. The SMILES string of the molecule is COc1ccc2c(C)c(CCC(=O)NNC(=O)CNc3ccc(C)cc3)c(=O)oc2c1. The Kier molecular flexibility index (Phi) is 6.92. The fourth-order valence-corrected chi connectivity index (χ4v) is 3.13. The first kappa shape index (κ1) is 21.9. The molecule has 1 aromatic heterocycles. The van der Waals surface area contributed by atoms with E-state index in [4.69, 9.17) is 9.15 Å². The first-order valence-corrected chi connectivity index (χ1v) is 9.86. The summed E-state index contributed by atoms with van der Waals surface area (Å²) >= 11 is 0. The molecule has 0 radical (unpaired) electrons. The van der Waals surface area contributed by atoms with Crippen LogP contribution < -0.4 is 26.5 Å². The van der Waals surface area contributed by atoms with Crippen molar-refractivity contribution >= 4 is 28.5 Å². The van der Waals surface area contributed by atoms with Crippen molar-refractivity contribution in [3.05, 3.63) is 69.6 Å². The van der Waals surface area contributed by atoms with Crippen LogP contribution in [0, 0.1) is 13.8 Å². The second kappa shape index (κ2) is 9.80. The molecular weight excluding hydrogens is 398 g/mol. The van der Waals surface area contributed by atoms with Gasteiger partial charge in [0.05, 0.1) is 13.7 Å². The number of methoxy groups -OCH3 is 1. The van der Waals surface area contributed by atoms with Crippen LogP contribution in [-0.4, -0.2) is 25.5 Å². The molecule has 2 amide bonds. The van der Waals surface area contributed by atoms with Gasteiger partial charge in [0.2, 0.25) is 5.91 Å². The van der Waals surface area contributed by atoms with Crippen molar-refractivity contribution < 1.29 is 18.7 Å². The number of rotatable bonds is 7. The first-order chi connectivity index (χ1) is 14.9. The molecule has 0 atom stereocenters. The summed E-state index contributed by atoms with van der Waals surface area (Å²) in [5.41, 5.74) is 7.78. The Hall–Kier alpha value is -3.81. The van der Waals surface area contributed by atoms with Crippen molar-refractivity contribution in [2.24, 2.45) is 0 Å². The van der Waals surface area contributed by atoms with Crippen molar-refractivity contribution in [1.29, 1.82) is 0 Å². The molecule has 8 nitrogen and oxygen atoms in total.